The summed E-state index contributed by atoms with van der Waals surface area (Å²) in [6.07, 6.45) is 12.2. The third-order valence-electron chi connectivity index (χ3n) is 4.89. The van der Waals surface area contributed by atoms with Crippen LogP contribution in [0.2, 0.25) is 0 Å². The number of likely N-dealkylation sites (tertiary alicyclic amines) is 1. The average Bonchev–Trinajstić information content (AvgIpc) is 2.50. The fraction of sp³-hybridized carbons (Fsp3) is 0.941. The van der Waals surface area contributed by atoms with Crippen LogP contribution in [0.5, 0.6) is 0 Å². The summed E-state index contributed by atoms with van der Waals surface area (Å²) in [6, 6.07) is 0.442. The van der Waals surface area contributed by atoms with E-state index < -0.39 is 0 Å². The molecule has 2 aliphatic rings. The van der Waals surface area contributed by atoms with E-state index in [1.165, 1.54) is 44.9 Å². The van der Waals surface area contributed by atoms with Crippen molar-refractivity contribution in [2.24, 2.45) is 0 Å². The molecule has 2 rings (SSSR count). The Morgan fingerprint density at radius 1 is 1.14 bits per heavy atom. The zero-order valence-electron chi connectivity index (χ0n) is 13.6. The van der Waals surface area contributed by atoms with E-state index in [9.17, 15) is 4.79 Å². The molecule has 1 saturated heterocycles. The number of ether oxygens (including phenoxy) is 1. The topological polar surface area (TPSA) is 41.6 Å². The number of carbonyl (C=O) groups is 1. The molecule has 1 amide bonds. The van der Waals surface area contributed by atoms with Crippen molar-refractivity contribution < 1.29 is 9.53 Å². The minimum atomic E-state index is 0.200. The molecule has 21 heavy (non-hydrogen) atoms. The summed E-state index contributed by atoms with van der Waals surface area (Å²) >= 11 is 0. The number of piperidine rings is 1. The molecule has 1 saturated carbocycles. The van der Waals surface area contributed by atoms with Gasteiger partial charge in [-0.1, -0.05) is 25.7 Å². The third kappa shape index (κ3) is 6.35. The van der Waals surface area contributed by atoms with Crippen molar-refractivity contribution >= 4 is 5.91 Å². The molecule has 4 nitrogen and oxygen atoms in total. The van der Waals surface area contributed by atoms with Gasteiger partial charge in [0.1, 0.15) is 0 Å². The van der Waals surface area contributed by atoms with Crippen molar-refractivity contribution in [1.29, 1.82) is 0 Å². The van der Waals surface area contributed by atoms with Gasteiger partial charge in [-0.25, -0.2) is 0 Å². The number of hydrogen-bond acceptors (Lipinski definition) is 3. The van der Waals surface area contributed by atoms with Crippen LogP contribution >= 0.6 is 0 Å². The van der Waals surface area contributed by atoms with Crippen molar-refractivity contribution in [3.8, 4) is 0 Å². The van der Waals surface area contributed by atoms with Crippen LogP contribution in [0.25, 0.3) is 0 Å². The van der Waals surface area contributed by atoms with Crippen LogP contribution in [0.4, 0.5) is 0 Å². The van der Waals surface area contributed by atoms with Gasteiger partial charge >= 0.3 is 0 Å². The van der Waals surface area contributed by atoms with Crippen LogP contribution in [-0.4, -0.2) is 49.7 Å². The molecule has 122 valence electrons. The number of rotatable bonds is 7. The summed E-state index contributed by atoms with van der Waals surface area (Å²) in [5.74, 6) is 0.200. The monoisotopic (exact) mass is 296 g/mol. The Kier molecular flexibility index (Phi) is 7.51. The van der Waals surface area contributed by atoms with Gasteiger partial charge < -0.3 is 15.0 Å². The normalized spacial score (nSPS) is 24.9. The summed E-state index contributed by atoms with van der Waals surface area (Å²) in [7, 11) is 2.13. The van der Waals surface area contributed by atoms with Gasteiger partial charge in [-0.2, -0.15) is 0 Å². The maximum Gasteiger partial charge on any atom is 0.221 e. The van der Waals surface area contributed by atoms with Gasteiger partial charge in [0.2, 0.25) is 5.91 Å². The minimum absolute atomic E-state index is 0.200. The first-order valence-corrected chi connectivity index (χ1v) is 8.84. The molecule has 0 aromatic rings. The summed E-state index contributed by atoms with van der Waals surface area (Å²) in [4.78, 5) is 14.3. The minimum Gasteiger partial charge on any atom is -0.378 e. The van der Waals surface area contributed by atoms with Crippen LogP contribution in [0.3, 0.4) is 0 Å². The lowest BCUT2D eigenvalue weighted by atomic mass is 9.98. The molecular weight excluding hydrogens is 264 g/mol. The molecule has 1 heterocycles. The van der Waals surface area contributed by atoms with E-state index in [0.29, 0.717) is 18.6 Å². The molecular formula is C17H32N2O2. The van der Waals surface area contributed by atoms with Crippen molar-refractivity contribution in [1.82, 2.24) is 10.2 Å². The quantitative estimate of drug-likeness (QED) is 0.735. The second-order valence-electron chi connectivity index (χ2n) is 6.67. The fourth-order valence-electron chi connectivity index (χ4n) is 3.47. The SMILES string of the molecule is CN1CCCC[C@H]1CC(=O)NCCCOC1CCCCC1. The second-order valence-corrected chi connectivity index (χ2v) is 6.67. The molecule has 2 fully saturated rings. The van der Waals surface area contributed by atoms with Gasteiger partial charge in [0.15, 0.2) is 0 Å². The van der Waals surface area contributed by atoms with Gasteiger partial charge in [-0.15, -0.1) is 0 Å². The second kappa shape index (κ2) is 9.42. The number of nitrogens with zero attached hydrogens (tertiary/aromatic N) is 1. The maximum absolute atomic E-state index is 11.9. The third-order valence-corrected chi connectivity index (χ3v) is 4.89. The van der Waals surface area contributed by atoms with Crippen LogP contribution in [-0.2, 0) is 9.53 Å². The van der Waals surface area contributed by atoms with Crippen LogP contribution in [0.15, 0.2) is 0 Å². The molecule has 0 radical (unpaired) electrons. The smallest absolute Gasteiger partial charge is 0.221 e. The molecule has 0 spiro atoms. The Hall–Kier alpha value is -0.610. The van der Waals surface area contributed by atoms with E-state index in [1.54, 1.807) is 0 Å². The number of hydrogen-bond donors (Lipinski definition) is 1. The Balaban J connectivity index is 1.48. The van der Waals surface area contributed by atoms with E-state index in [1.807, 2.05) is 0 Å². The summed E-state index contributed by atoms with van der Waals surface area (Å²) in [5.41, 5.74) is 0. The molecule has 1 aliphatic carbocycles. The van der Waals surface area contributed by atoms with E-state index in [0.717, 1.165) is 32.5 Å². The van der Waals surface area contributed by atoms with Gasteiger partial charge in [0, 0.05) is 25.6 Å². The largest absolute Gasteiger partial charge is 0.378 e. The number of nitrogens with one attached hydrogen (secondary N) is 1. The Labute approximate surface area is 129 Å². The van der Waals surface area contributed by atoms with Crippen molar-refractivity contribution in [3.05, 3.63) is 0 Å². The lowest BCUT2D eigenvalue weighted by Gasteiger charge is -2.31. The Bertz CT molecular complexity index is 303. The van der Waals surface area contributed by atoms with Crippen molar-refractivity contribution in [2.45, 2.75) is 76.4 Å². The van der Waals surface area contributed by atoms with Gasteiger partial charge in [0.05, 0.1) is 6.10 Å². The molecule has 0 aromatic heterocycles. The molecule has 1 atom stereocenters. The summed E-state index contributed by atoms with van der Waals surface area (Å²) in [5, 5.41) is 3.04. The predicted octanol–water partition coefficient (Wildman–Crippen LogP) is 2.72. The van der Waals surface area contributed by atoms with Crippen molar-refractivity contribution in [2.75, 3.05) is 26.7 Å². The Morgan fingerprint density at radius 3 is 2.67 bits per heavy atom. The molecule has 1 N–H and O–H groups in total. The predicted molar refractivity (Wildman–Crippen MR) is 85.3 cm³/mol. The van der Waals surface area contributed by atoms with E-state index in [4.69, 9.17) is 4.74 Å². The molecule has 1 aliphatic heterocycles. The zero-order valence-corrected chi connectivity index (χ0v) is 13.6. The first kappa shape index (κ1) is 16.8. The summed E-state index contributed by atoms with van der Waals surface area (Å²) in [6.45, 7) is 2.67. The van der Waals surface area contributed by atoms with Gasteiger partial charge in [-0.05, 0) is 45.7 Å². The first-order chi connectivity index (χ1) is 10.3. The van der Waals surface area contributed by atoms with E-state index >= 15 is 0 Å². The maximum atomic E-state index is 11.9. The van der Waals surface area contributed by atoms with Crippen LogP contribution in [0, 0.1) is 0 Å². The van der Waals surface area contributed by atoms with E-state index in [2.05, 4.69) is 17.3 Å². The average molecular weight is 296 g/mol. The lowest BCUT2D eigenvalue weighted by molar-refractivity contribution is -0.122. The molecule has 0 bridgehead atoms. The number of amides is 1. The molecule has 4 heteroatoms. The fourth-order valence-corrected chi connectivity index (χ4v) is 3.47. The molecule has 0 aromatic carbocycles. The Morgan fingerprint density at radius 2 is 1.90 bits per heavy atom. The highest BCUT2D eigenvalue weighted by Gasteiger charge is 2.21. The molecule has 0 unspecified atom stereocenters. The standard InChI is InChI=1S/C17H32N2O2/c1-19-12-6-5-8-15(19)14-17(20)18-11-7-13-21-16-9-3-2-4-10-16/h15-16H,2-14H2,1H3,(H,18,20)/t15-/m0/s1. The highest BCUT2D eigenvalue weighted by Crippen LogP contribution is 2.20. The zero-order chi connectivity index (χ0) is 14.9. The van der Waals surface area contributed by atoms with Crippen LogP contribution < -0.4 is 5.32 Å². The summed E-state index contributed by atoms with van der Waals surface area (Å²) < 4.78 is 5.87. The van der Waals surface area contributed by atoms with Gasteiger partial charge in [0.25, 0.3) is 0 Å². The highest BCUT2D eigenvalue weighted by molar-refractivity contribution is 5.76. The van der Waals surface area contributed by atoms with Gasteiger partial charge in [-0.3, -0.25) is 4.79 Å². The van der Waals surface area contributed by atoms with Crippen molar-refractivity contribution in [3.63, 3.8) is 0 Å². The van der Waals surface area contributed by atoms with Crippen LogP contribution in [0.1, 0.15) is 64.2 Å². The highest BCUT2D eigenvalue weighted by atomic mass is 16.5. The number of carbonyl (C=O) groups excluding carboxylic acids is 1. The van der Waals surface area contributed by atoms with E-state index in [-0.39, 0.29) is 5.91 Å². The lowest BCUT2D eigenvalue weighted by Crippen LogP contribution is -2.40. The first-order valence-electron chi connectivity index (χ1n) is 8.84.